The van der Waals surface area contributed by atoms with E-state index in [2.05, 4.69) is 5.32 Å². The van der Waals surface area contributed by atoms with Crippen LogP contribution in [0.4, 0.5) is 5.69 Å². The van der Waals surface area contributed by atoms with Crippen molar-refractivity contribution in [3.63, 3.8) is 0 Å². The number of para-hydroxylation sites is 1. The van der Waals surface area contributed by atoms with Crippen LogP contribution in [0, 0.1) is 0 Å². The summed E-state index contributed by atoms with van der Waals surface area (Å²) in [6.45, 7) is 3.11. The summed E-state index contributed by atoms with van der Waals surface area (Å²) in [6.07, 6.45) is 1.06. The molecule has 116 valence electrons. The monoisotopic (exact) mass is 316 g/mol. The summed E-state index contributed by atoms with van der Waals surface area (Å²) in [7, 11) is 0. The minimum Gasteiger partial charge on any atom is -0.351 e. The Morgan fingerprint density at radius 2 is 1.91 bits per heavy atom. The lowest BCUT2D eigenvalue weighted by Crippen LogP contribution is -2.31. The summed E-state index contributed by atoms with van der Waals surface area (Å²) in [5.74, 6) is 0.0110. The minimum atomic E-state index is -0.0714. The molecule has 1 aromatic heterocycles. The van der Waals surface area contributed by atoms with Crippen LogP contribution in [0.5, 0.6) is 0 Å². The lowest BCUT2D eigenvalue weighted by Gasteiger charge is -2.21. The Morgan fingerprint density at radius 3 is 2.55 bits per heavy atom. The van der Waals surface area contributed by atoms with E-state index in [1.54, 1.807) is 11.0 Å². The van der Waals surface area contributed by atoms with Crippen LogP contribution < -0.4 is 10.2 Å². The second-order valence-electron chi connectivity index (χ2n) is 4.81. The van der Waals surface area contributed by atoms with Crippen molar-refractivity contribution in [2.75, 3.05) is 18.0 Å². The molecule has 0 aliphatic carbocycles. The van der Waals surface area contributed by atoms with E-state index >= 15 is 0 Å². The van der Waals surface area contributed by atoms with Crippen molar-refractivity contribution in [1.29, 1.82) is 0 Å². The molecule has 2 amide bonds. The Balaban J connectivity index is 1.76. The summed E-state index contributed by atoms with van der Waals surface area (Å²) in [5, 5.41) is 4.71. The number of rotatable bonds is 7. The van der Waals surface area contributed by atoms with Gasteiger partial charge in [-0.1, -0.05) is 24.3 Å². The number of benzene rings is 1. The number of nitrogens with one attached hydrogen (secondary N) is 1. The molecule has 0 fully saturated rings. The maximum absolute atomic E-state index is 12.3. The third kappa shape index (κ3) is 4.43. The second kappa shape index (κ2) is 8.34. The minimum absolute atomic E-state index is 0.0714. The second-order valence-corrected chi connectivity index (χ2v) is 5.76. The summed E-state index contributed by atoms with van der Waals surface area (Å²) in [5.41, 5.74) is 0.914. The highest BCUT2D eigenvalue weighted by atomic mass is 32.1. The molecule has 0 aliphatic rings. The number of hydrogen-bond acceptors (Lipinski definition) is 3. The Kier molecular flexibility index (Phi) is 6.15. The molecule has 0 unspecified atom stereocenters. The van der Waals surface area contributed by atoms with Gasteiger partial charge in [0.15, 0.2) is 0 Å². The average Bonchev–Trinajstić information content (AvgIpc) is 3.07. The molecule has 0 aliphatic heterocycles. The zero-order valence-corrected chi connectivity index (χ0v) is 13.4. The summed E-state index contributed by atoms with van der Waals surface area (Å²) in [6, 6.07) is 13.3. The van der Waals surface area contributed by atoms with Crippen LogP contribution in [0.15, 0.2) is 47.8 Å². The van der Waals surface area contributed by atoms with Gasteiger partial charge >= 0.3 is 0 Å². The van der Waals surface area contributed by atoms with E-state index in [0.29, 0.717) is 30.8 Å². The summed E-state index contributed by atoms with van der Waals surface area (Å²) >= 11 is 1.41. The van der Waals surface area contributed by atoms with Crippen molar-refractivity contribution in [2.45, 2.75) is 19.8 Å². The number of carbonyl (C=O) groups excluding carboxylic acids is 2. The van der Waals surface area contributed by atoms with E-state index in [1.165, 1.54) is 11.3 Å². The molecule has 5 heteroatoms. The van der Waals surface area contributed by atoms with Crippen LogP contribution in [0.2, 0.25) is 0 Å². The number of thiophene rings is 1. The molecule has 0 spiro atoms. The van der Waals surface area contributed by atoms with Crippen molar-refractivity contribution >= 4 is 28.8 Å². The smallest absolute Gasteiger partial charge is 0.261 e. The molecule has 22 heavy (non-hydrogen) atoms. The Morgan fingerprint density at radius 1 is 1.14 bits per heavy atom. The highest BCUT2D eigenvalue weighted by Crippen LogP contribution is 2.14. The molecule has 2 aromatic rings. The Labute approximate surface area is 134 Å². The molecule has 1 aromatic carbocycles. The van der Waals surface area contributed by atoms with E-state index in [1.807, 2.05) is 48.7 Å². The molecule has 1 heterocycles. The Hall–Kier alpha value is -2.14. The van der Waals surface area contributed by atoms with Crippen LogP contribution >= 0.6 is 11.3 Å². The normalized spacial score (nSPS) is 10.2. The fourth-order valence-corrected chi connectivity index (χ4v) is 2.82. The van der Waals surface area contributed by atoms with Gasteiger partial charge in [-0.3, -0.25) is 9.59 Å². The quantitative estimate of drug-likeness (QED) is 0.797. The summed E-state index contributed by atoms with van der Waals surface area (Å²) < 4.78 is 0. The van der Waals surface area contributed by atoms with Gasteiger partial charge in [0.2, 0.25) is 5.91 Å². The molecule has 0 bridgehead atoms. The molecule has 1 N–H and O–H groups in total. The molecule has 0 atom stereocenters. The average molecular weight is 316 g/mol. The standard InChI is InChI=1S/C17H20N2O2S/c1-2-19(14-8-4-3-5-9-14)16(20)11-6-12-18-17(21)15-10-7-13-22-15/h3-5,7-10,13H,2,6,11-12H2,1H3,(H,18,21). The van der Waals surface area contributed by atoms with Gasteiger partial charge in [0.05, 0.1) is 4.88 Å². The van der Waals surface area contributed by atoms with Crippen LogP contribution in [-0.4, -0.2) is 24.9 Å². The van der Waals surface area contributed by atoms with Crippen molar-refractivity contribution in [3.8, 4) is 0 Å². The highest BCUT2D eigenvalue weighted by molar-refractivity contribution is 7.12. The van der Waals surface area contributed by atoms with Crippen LogP contribution in [0.3, 0.4) is 0 Å². The predicted molar refractivity (Wildman–Crippen MR) is 90.4 cm³/mol. The number of carbonyl (C=O) groups is 2. The zero-order valence-electron chi connectivity index (χ0n) is 12.6. The maximum Gasteiger partial charge on any atom is 0.261 e. The SMILES string of the molecule is CCN(C(=O)CCCNC(=O)c1cccs1)c1ccccc1. The van der Waals surface area contributed by atoms with Gasteiger partial charge in [0.1, 0.15) is 0 Å². The first-order chi connectivity index (χ1) is 10.7. The fourth-order valence-electron chi connectivity index (χ4n) is 2.18. The van der Waals surface area contributed by atoms with Crippen molar-refractivity contribution < 1.29 is 9.59 Å². The molecule has 2 rings (SSSR count). The molecular weight excluding hydrogens is 296 g/mol. The van der Waals surface area contributed by atoms with E-state index in [4.69, 9.17) is 0 Å². The first-order valence-electron chi connectivity index (χ1n) is 7.39. The van der Waals surface area contributed by atoms with E-state index < -0.39 is 0 Å². The zero-order chi connectivity index (χ0) is 15.8. The van der Waals surface area contributed by atoms with Gasteiger partial charge in [-0.2, -0.15) is 0 Å². The first kappa shape index (κ1) is 16.2. The molecule has 0 radical (unpaired) electrons. The number of nitrogens with zero attached hydrogens (tertiary/aromatic N) is 1. The van der Waals surface area contributed by atoms with Gasteiger partial charge in [-0.25, -0.2) is 0 Å². The van der Waals surface area contributed by atoms with E-state index in [9.17, 15) is 9.59 Å². The van der Waals surface area contributed by atoms with Gasteiger partial charge in [-0.15, -0.1) is 11.3 Å². The Bertz CT molecular complexity index is 596. The molecular formula is C17H20N2O2S. The van der Waals surface area contributed by atoms with Crippen molar-refractivity contribution in [2.24, 2.45) is 0 Å². The molecule has 4 nitrogen and oxygen atoms in total. The predicted octanol–water partition coefficient (Wildman–Crippen LogP) is 3.31. The van der Waals surface area contributed by atoms with Gasteiger partial charge < -0.3 is 10.2 Å². The first-order valence-corrected chi connectivity index (χ1v) is 8.27. The van der Waals surface area contributed by atoms with Gasteiger partial charge in [0.25, 0.3) is 5.91 Å². The van der Waals surface area contributed by atoms with Crippen LogP contribution in [0.25, 0.3) is 0 Å². The van der Waals surface area contributed by atoms with Gasteiger partial charge in [0, 0.05) is 25.2 Å². The molecule has 0 saturated heterocycles. The van der Waals surface area contributed by atoms with E-state index in [-0.39, 0.29) is 11.8 Å². The van der Waals surface area contributed by atoms with Gasteiger partial charge in [-0.05, 0) is 36.9 Å². The summed E-state index contributed by atoms with van der Waals surface area (Å²) in [4.78, 5) is 26.5. The van der Waals surface area contributed by atoms with Crippen LogP contribution in [0.1, 0.15) is 29.4 Å². The lowest BCUT2D eigenvalue weighted by atomic mass is 10.2. The van der Waals surface area contributed by atoms with Crippen molar-refractivity contribution in [1.82, 2.24) is 5.32 Å². The number of anilines is 1. The van der Waals surface area contributed by atoms with Crippen molar-refractivity contribution in [3.05, 3.63) is 52.7 Å². The third-order valence-electron chi connectivity index (χ3n) is 3.28. The number of amides is 2. The van der Waals surface area contributed by atoms with Crippen LogP contribution in [-0.2, 0) is 4.79 Å². The largest absolute Gasteiger partial charge is 0.351 e. The molecule has 0 saturated carbocycles. The maximum atomic E-state index is 12.3. The topological polar surface area (TPSA) is 49.4 Å². The lowest BCUT2D eigenvalue weighted by molar-refractivity contribution is -0.118. The highest BCUT2D eigenvalue weighted by Gasteiger charge is 2.13. The van der Waals surface area contributed by atoms with E-state index in [0.717, 1.165) is 5.69 Å². The number of hydrogen-bond donors (Lipinski definition) is 1. The third-order valence-corrected chi connectivity index (χ3v) is 4.15. The fraction of sp³-hybridized carbons (Fsp3) is 0.294.